The quantitative estimate of drug-likeness (QED) is 0.891. The van der Waals surface area contributed by atoms with Crippen molar-refractivity contribution in [2.24, 2.45) is 7.05 Å². The van der Waals surface area contributed by atoms with Gasteiger partial charge in [-0.3, -0.25) is 4.68 Å². The first-order valence-corrected chi connectivity index (χ1v) is 7.86. The third kappa shape index (κ3) is 3.40. The van der Waals surface area contributed by atoms with Crippen LogP contribution in [0.25, 0.3) is 0 Å². The van der Waals surface area contributed by atoms with Gasteiger partial charge in [0.05, 0.1) is 5.69 Å². The first-order valence-electron chi connectivity index (χ1n) is 6.42. The molecule has 0 aliphatic carbocycles. The minimum absolute atomic E-state index is 0.176. The highest BCUT2D eigenvalue weighted by molar-refractivity contribution is 7.89. The van der Waals surface area contributed by atoms with Gasteiger partial charge in [0, 0.05) is 45.6 Å². The fourth-order valence-corrected chi connectivity index (χ4v) is 2.70. The van der Waals surface area contributed by atoms with Crippen LogP contribution in [0.4, 0.5) is 5.82 Å². The summed E-state index contributed by atoms with van der Waals surface area (Å²) in [5.41, 5.74) is 2.03. The molecule has 7 nitrogen and oxygen atoms in total. The molecule has 2 aromatic heterocycles. The highest BCUT2D eigenvalue weighted by Gasteiger charge is 2.17. The summed E-state index contributed by atoms with van der Waals surface area (Å²) in [4.78, 5) is 4.31. The molecule has 0 saturated carbocycles. The number of rotatable bonds is 5. The summed E-state index contributed by atoms with van der Waals surface area (Å²) in [7, 11) is 1.42. The van der Waals surface area contributed by atoms with E-state index < -0.39 is 10.0 Å². The Morgan fingerprint density at radius 2 is 2.05 bits per heavy atom. The van der Waals surface area contributed by atoms with E-state index in [1.165, 1.54) is 20.3 Å². The van der Waals surface area contributed by atoms with Crippen molar-refractivity contribution < 1.29 is 8.42 Å². The highest BCUT2D eigenvalue weighted by Crippen LogP contribution is 2.15. The fourth-order valence-electron chi connectivity index (χ4n) is 1.86. The number of aromatic nitrogens is 3. The van der Waals surface area contributed by atoms with E-state index >= 15 is 0 Å². The van der Waals surface area contributed by atoms with Crippen molar-refractivity contribution >= 4 is 15.8 Å². The molecule has 0 fully saturated rings. The second-order valence-corrected chi connectivity index (χ2v) is 7.09. The van der Waals surface area contributed by atoms with Crippen molar-refractivity contribution in [1.82, 2.24) is 19.1 Å². The summed E-state index contributed by atoms with van der Waals surface area (Å²) in [5.74, 6) is 0.621. The normalized spacial score (nSPS) is 11.9. The third-order valence-electron chi connectivity index (χ3n) is 3.09. The van der Waals surface area contributed by atoms with E-state index in [9.17, 15) is 8.42 Å². The Kier molecular flexibility index (Phi) is 4.29. The van der Waals surface area contributed by atoms with Crippen LogP contribution in [-0.2, 0) is 23.6 Å². The molecule has 0 atom stereocenters. The maximum atomic E-state index is 11.9. The van der Waals surface area contributed by atoms with E-state index in [0.29, 0.717) is 12.4 Å². The summed E-state index contributed by atoms with van der Waals surface area (Å²) in [5, 5.41) is 7.41. The smallest absolute Gasteiger partial charge is 0.244 e. The van der Waals surface area contributed by atoms with Gasteiger partial charge in [-0.1, -0.05) is 0 Å². The predicted octanol–water partition coefficient (Wildman–Crippen LogP) is 0.986. The number of sulfonamides is 1. The first kappa shape index (κ1) is 15.5. The van der Waals surface area contributed by atoms with Crippen molar-refractivity contribution in [3.8, 4) is 0 Å². The van der Waals surface area contributed by atoms with E-state index in [4.69, 9.17) is 0 Å². The fraction of sp³-hybridized carbons (Fsp3) is 0.385. The number of hydrogen-bond donors (Lipinski definition) is 1. The lowest BCUT2D eigenvalue weighted by Crippen LogP contribution is -2.22. The molecular formula is C13H19N5O2S. The van der Waals surface area contributed by atoms with Gasteiger partial charge in [-0.25, -0.2) is 17.7 Å². The van der Waals surface area contributed by atoms with Gasteiger partial charge in [-0.2, -0.15) is 5.10 Å². The molecule has 0 saturated heterocycles. The second-order valence-electron chi connectivity index (χ2n) is 4.93. The number of pyridine rings is 1. The van der Waals surface area contributed by atoms with Crippen LogP contribution in [0, 0.1) is 6.92 Å². The van der Waals surface area contributed by atoms with Crippen molar-refractivity contribution in [2.75, 3.05) is 19.4 Å². The average Bonchev–Trinajstić information content (AvgIpc) is 2.75. The average molecular weight is 309 g/mol. The molecule has 2 heterocycles. The zero-order valence-corrected chi connectivity index (χ0v) is 13.3. The van der Waals surface area contributed by atoms with E-state index in [2.05, 4.69) is 15.4 Å². The van der Waals surface area contributed by atoms with E-state index in [1.54, 1.807) is 16.8 Å². The molecule has 0 radical (unpaired) electrons. The van der Waals surface area contributed by atoms with Gasteiger partial charge in [0.15, 0.2) is 0 Å². The standard InChI is InChI=1S/C13H19N5O2S/c1-10-11(9-18(4)16-10)7-14-13-6-5-12(8-15-13)21(19,20)17(2)3/h5-6,8-9H,7H2,1-4H3,(H,14,15). The van der Waals surface area contributed by atoms with Gasteiger partial charge in [0.1, 0.15) is 10.7 Å². The van der Waals surface area contributed by atoms with E-state index in [1.807, 2.05) is 20.2 Å². The molecule has 0 unspecified atom stereocenters. The van der Waals surface area contributed by atoms with Gasteiger partial charge >= 0.3 is 0 Å². The lowest BCUT2D eigenvalue weighted by Gasteiger charge is -2.11. The molecule has 114 valence electrons. The molecule has 2 rings (SSSR count). The van der Waals surface area contributed by atoms with E-state index in [0.717, 1.165) is 15.6 Å². The molecule has 0 aliphatic rings. The molecule has 21 heavy (non-hydrogen) atoms. The Morgan fingerprint density at radius 1 is 1.33 bits per heavy atom. The Hall–Kier alpha value is -1.93. The summed E-state index contributed by atoms with van der Waals surface area (Å²) in [6.07, 6.45) is 3.29. The van der Waals surface area contributed by atoms with Crippen LogP contribution < -0.4 is 5.32 Å². The summed E-state index contributed by atoms with van der Waals surface area (Å²) >= 11 is 0. The lowest BCUT2D eigenvalue weighted by atomic mass is 10.2. The number of aryl methyl sites for hydroxylation is 2. The Bertz CT molecular complexity index is 720. The van der Waals surface area contributed by atoms with Crippen LogP contribution in [-0.4, -0.2) is 41.6 Å². The van der Waals surface area contributed by atoms with Gasteiger partial charge < -0.3 is 5.32 Å². The molecule has 0 spiro atoms. The minimum Gasteiger partial charge on any atom is -0.366 e. The van der Waals surface area contributed by atoms with Gasteiger partial charge in [-0.15, -0.1) is 0 Å². The zero-order valence-electron chi connectivity index (χ0n) is 12.5. The van der Waals surface area contributed by atoms with Crippen LogP contribution in [0.1, 0.15) is 11.3 Å². The molecule has 0 bridgehead atoms. The predicted molar refractivity (Wildman–Crippen MR) is 80.4 cm³/mol. The molecule has 8 heteroatoms. The van der Waals surface area contributed by atoms with Crippen LogP contribution in [0.5, 0.6) is 0 Å². The summed E-state index contributed by atoms with van der Waals surface area (Å²) in [6.45, 7) is 2.53. The SMILES string of the molecule is Cc1nn(C)cc1CNc1ccc(S(=O)(=O)N(C)C)cn1. The monoisotopic (exact) mass is 309 g/mol. The summed E-state index contributed by atoms with van der Waals surface area (Å²) < 4.78 is 26.8. The number of anilines is 1. The van der Waals surface area contributed by atoms with E-state index in [-0.39, 0.29) is 4.90 Å². The maximum Gasteiger partial charge on any atom is 0.244 e. The molecule has 1 N–H and O–H groups in total. The van der Waals surface area contributed by atoms with Crippen molar-refractivity contribution in [1.29, 1.82) is 0 Å². The molecular weight excluding hydrogens is 290 g/mol. The third-order valence-corrected chi connectivity index (χ3v) is 4.89. The largest absolute Gasteiger partial charge is 0.366 e. The number of nitrogens with one attached hydrogen (secondary N) is 1. The number of hydrogen-bond acceptors (Lipinski definition) is 5. The molecule has 0 aliphatic heterocycles. The molecule has 0 aromatic carbocycles. The Balaban J connectivity index is 2.08. The van der Waals surface area contributed by atoms with Gasteiger partial charge in [0.2, 0.25) is 10.0 Å². The highest BCUT2D eigenvalue weighted by atomic mass is 32.2. The second kappa shape index (κ2) is 5.82. The van der Waals surface area contributed by atoms with Crippen LogP contribution in [0.15, 0.2) is 29.4 Å². The van der Waals surface area contributed by atoms with Gasteiger partial charge in [-0.05, 0) is 19.1 Å². The summed E-state index contributed by atoms with van der Waals surface area (Å²) in [6, 6.07) is 3.20. The number of nitrogens with zero attached hydrogens (tertiary/aromatic N) is 4. The first-order chi connectivity index (χ1) is 9.80. The van der Waals surface area contributed by atoms with Gasteiger partial charge in [0.25, 0.3) is 0 Å². The Morgan fingerprint density at radius 3 is 2.52 bits per heavy atom. The zero-order chi connectivity index (χ0) is 15.6. The molecule has 0 amide bonds. The van der Waals surface area contributed by atoms with Crippen LogP contribution >= 0.6 is 0 Å². The lowest BCUT2D eigenvalue weighted by molar-refractivity contribution is 0.520. The maximum absolute atomic E-state index is 11.9. The topological polar surface area (TPSA) is 80.1 Å². The van der Waals surface area contributed by atoms with Crippen LogP contribution in [0.2, 0.25) is 0 Å². The Labute approximate surface area is 124 Å². The minimum atomic E-state index is -3.43. The van der Waals surface area contributed by atoms with Crippen molar-refractivity contribution in [3.63, 3.8) is 0 Å². The van der Waals surface area contributed by atoms with Crippen molar-refractivity contribution in [2.45, 2.75) is 18.4 Å². The van der Waals surface area contributed by atoms with Crippen molar-refractivity contribution in [3.05, 3.63) is 35.8 Å². The molecule has 2 aromatic rings. The van der Waals surface area contributed by atoms with Crippen LogP contribution in [0.3, 0.4) is 0 Å².